The standard InChI is InChI=1S/3C10H8ClNO.Al/c3*1-6-2-3-8(13)10-9(6)7(11)4-5-12-10;/h3*2-5,13H,1H3;/q;;;+3/p-3. The van der Waals surface area contributed by atoms with Crippen LogP contribution >= 0.6 is 34.8 Å². The summed E-state index contributed by atoms with van der Waals surface area (Å²) in [6, 6.07) is 14.9. The fourth-order valence-electron chi connectivity index (χ4n) is 4.09. The van der Waals surface area contributed by atoms with Crippen molar-refractivity contribution < 1.29 is 15.3 Å². The molecule has 0 aliphatic heterocycles. The van der Waals surface area contributed by atoms with Crippen molar-refractivity contribution in [3.05, 3.63) is 105 Å². The van der Waals surface area contributed by atoms with E-state index in [4.69, 9.17) is 34.8 Å². The zero-order chi connectivity index (χ0) is 28.3. The molecule has 3 heterocycles. The van der Waals surface area contributed by atoms with Crippen LogP contribution in [0.1, 0.15) is 16.7 Å². The van der Waals surface area contributed by atoms with Gasteiger partial charge in [-0.2, -0.15) is 0 Å². The van der Waals surface area contributed by atoms with Crippen LogP contribution in [0.3, 0.4) is 0 Å². The quantitative estimate of drug-likeness (QED) is 0.185. The molecule has 10 heteroatoms. The molecule has 0 radical (unpaired) electrons. The van der Waals surface area contributed by atoms with E-state index >= 15 is 0 Å². The van der Waals surface area contributed by atoms with E-state index in [-0.39, 0.29) is 34.6 Å². The monoisotopic (exact) mass is 603 g/mol. The molecule has 0 saturated carbocycles. The predicted octanol–water partition coefficient (Wildman–Crippen LogP) is 6.43. The van der Waals surface area contributed by atoms with Crippen LogP contribution in [0.2, 0.25) is 15.1 Å². The minimum absolute atomic E-state index is 0. The van der Waals surface area contributed by atoms with Gasteiger partial charge in [0.1, 0.15) is 0 Å². The topological polar surface area (TPSA) is 108 Å². The van der Waals surface area contributed by atoms with Crippen LogP contribution in [-0.4, -0.2) is 32.3 Å². The number of fused-ring (bicyclic) bond motifs is 3. The summed E-state index contributed by atoms with van der Waals surface area (Å²) < 4.78 is 0. The van der Waals surface area contributed by atoms with Crippen LogP contribution in [-0.2, 0) is 0 Å². The summed E-state index contributed by atoms with van der Waals surface area (Å²) in [6.45, 7) is 5.74. The van der Waals surface area contributed by atoms with Gasteiger partial charge in [-0.3, -0.25) is 15.0 Å². The van der Waals surface area contributed by atoms with Crippen molar-refractivity contribution in [2.75, 3.05) is 0 Å². The molecule has 6 nitrogen and oxygen atoms in total. The Bertz CT molecular complexity index is 1600. The Hall–Kier alpha value is -3.31. The normalized spacial score (nSPS) is 10.3. The molecule has 0 unspecified atom stereocenters. The van der Waals surface area contributed by atoms with Crippen LogP contribution < -0.4 is 15.3 Å². The van der Waals surface area contributed by atoms with E-state index in [1.807, 2.05) is 20.8 Å². The molecule has 0 aliphatic rings. The van der Waals surface area contributed by atoms with Gasteiger partial charge in [-0.1, -0.05) is 88.4 Å². The second kappa shape index (κ2) is 13.4. The molecule has 40 heavy (non-hydrogen) atoms. The molecule has 0 spiro atoms. The SMILES string of the molecule is Cc1ccc([O-])c2nccc(Cl)c12.Cc1ccc([O-])c2nccc(Cl)c12.Cc1ccc([O-])c2nccc(Cl)c12.[Al+3]. The van der Waals surface area contributed by atoms with Crippen molar-refractivity contribution in [3.63, 3.8) is 0 Å². The molecular formula is C30H21AlCl3N3O3. The molecule has 3 aromatic heterocycles. The van der Waals surface area contributed by atoms with Crippen molar-refractivity contribution in [3.8, 4) is 17.2 Å². The molecule has 0 fully saturated rings. The Morgan fingerprint density at radius 1 is 0.450 bits per heavy atom. The third-order valence-electron chi connectivity index (χ3n) is 6.04. The summed E-state index contributed by atoms with van der Waals surface area (Å²) in [7, 11) is 0. The maximum absolute atomic E-state index is 11.4. The van der Waals surface area contributed by atoms with Gasteiger partial charge in [0.05, 0.1) is 31.6 Å². The van der Waals surface area contributed by atoms with Crippen LogP contribution in [0, 0.1) is 20.8 Å². The summed E-state index contributed by atoms with van der Waals surface area (Å²) in [5, 5.41) is 38.1. The molecule has 0 N–H and O–H groups in total. The van der Waals surface area contributed by atoms with Crippen LogP contribution in [0.4, 0.5) is 0 Å². The Morgan fingerprint density at radius 3 is 0.925 bits per heavy atom. The van der Waals surface area contributed by atoms with Gasteiger partial charge in [0.15, 0.2) is 0 Å². The van der Waals surface area contributed by atoms with E-state index in [0.717, 1.165) is 32.8 Å². The number of hydrogen-bond donors (Lipinski definition) is 0. The average molecular weight is 605 g/mol. The largest absolute Gasteiger partial charge is 3.00 e. The minimum Gasteiger partial charge on any atom is -0.871 e. The number of benzene rings is 3. The number of aromatic nitrogens is 3. The Labute approximate surface area is 257 Å². The van der Waals surface area contributed by atoms with E-state index in [2.05, 4.69) is 15.0 Å². The van der Waals surface area contributed by atoms with Crippen molar-refractivity contribution in [2.45, 2.75) is 20.8 Å². The predicted molar refractivity (Wildman–Crippen MR) is 159 cm³/mol. The second-order valence-corrected chi connectivity index (χ2v) is 9.91. The summed E-state index contributed by atoms with van der Waals surface area (Å²) in [4.78, 5) is 12.0. The van der Waals surface area contributed by atoms with Gasteiger partial charge in [-0.05, 0) is 55.7 Å². The second-order valence-electron chi connectivity index (χ2n) is 8.69. The zero-order valence-electron chi connectivity index (χ0n) is 21.7. The Balaban J connectivity index is 0.000000163. The van der Waals surface area contributed by atoms with E-state index in [0.29, 0.717) is 31.6 Å². The molecule has 6 aromatic rings. The minimum atomic E-state index is -0.0805. The molecule has 0 saturated heterocycles. The van der Waals surface area contributed by atoms with Crippen LogP contribution in [0.15, 0.2) is 73.2 Å². The van der Waals surface area contributed by atoms with Crippen molar-refractivity contribution in [1.82, 2.24) is 15.0 Å². The molecule has 0 bridgehead atoms. The maximum Gasteiger partial charge on any atom is 3.00 e. The third-order valence-corrected chi connectivity index (χ3v) is 6.98. The van der Waals surface area contributed by atoms with Gasteiger partial charge in [-0.25, -0.2) is 0 Å². The third kappa shape index (κ3) is 6.52. The molecule has 0 atom stereocenters. The summed E-state index contributed by atoms with van der Waals surface area (Å²) >= 11 is 17.9. The van der Waals surface area contributed by atoms with Crippen LogP contribution in [0.5, 0.6) is 17.2 Å². The van der Waals surface area contributed by atoms with Gasteiger partial charge >= 0.3 is 17.4 Å². The Morgan fingerprint density at radius 2 is 0.700 bits per heavy atom. The van der Waals surface area contributed by atoms with Crippen molar-refractivity contribution in [2.24, 2.45) is 0 Å². The zero-order valence-corrected chi connectivity index (χ0v) is 25.1. The summed E-state index contributed by atoms with van der Waals surface area (Å²) in [5.41, 5.74) is 4.29. The van der Waals surface area contributed by atoms with E-state index in [1.54, 1.807) is 55.0 Å². The Kier molecular flexibility index (Phi) is 10.4. The van der Waals surface area contributed by atoms with Gasteiger partial charge in [0.25, 0.3) is 0 Å². The fourth-order valence-corrected chi connectivity index (χ4v) is 4.97. The first kappa shape index (κ1) is 31.2. The number of pyridine rings is 3. The molecule has 0 aliphatic carbocycles. The first-order valence-electron chi connectivity index (χ1n) is 11.7. The fraction of sp³-hybridized carbons (Fsp3) is 0.100. The molecule has 198 valence electrons. The number of hydrogen-bond acceptors (Lipinski definition) is 6. The number of halogens is 3. The first-order chi connectivity index (χ1) is 18.6. The molecular weight excluding hydrogens is 584 g/mol. The van der Waals surface area contributed by atoms with E-state index in [9.17, 15) is 15.3 Å². The van der Waals surface area contributed by atoms with Gasteiger partial charge in [0, 0.05) is 34.7 Å². The first-order valence-corrected chi connectivity index (χ1v) is 12.9. The maximum atomic E-state index is 11.4. The van der Waals surface area contributed by atoms with Gasteiger partial charge in [0.2, 0.25) is 0 Å². The van der Waals surface area contributed by atoms with E-state index < -0.39 is 0 Å². The molecule has 3 aromatic carbocycles. The average Bonchev–Trinajstić information content (AvgIpc) is 2.91. The van der Waals surface area contributed by atoms with Crippen LogP contribution in [0.25, 0.3) is 32.7 Å². The number of rotatable bonds is 0. The van der Waals surface area contributed by atoms with Crippen molar-refractivity contribution in [1.29, 1.82) is 0 Å². The van der Waals surface area contributed by atoms with Gasteiger partial charge in [-0.15, -0.1) is 0 Å². The van der Waals surface area contributed by atoms with Crippen molar-refractivity contribution >= 4 is 84.9 Å². The molecule has 0 amide bonds. The summed E-state index contributed by atoms with van der Waals surface area (Å²) in [6.07, 6.45) is 4.64. The molecule has 6 rings (SSSR count). The number of aryl methyl sites for hydroxylation is 3. The van der Waals surface area contributed by atoms with E-state index in [1.165, 1.54) is 18.2 Å². The van der Waals surface area contributed by atoms with Gasteiger partial charge < -0.3 is 15.3 Å². The summed E-state index contributed by atoms with van der Waals surface area (Å²) in [5.74, 6) is -0.241. The number of nitrogens with zero attached hydrogens (tertiary/aromatic N) is 3. The smallest absolute Gasteiger partial charge is 0.871 e.